The van der Waals surface area contributed by atoms with Gasteiger partial charge in [0, 0.05) is 55.9 Å². The number of methoxy groups -OCH3 is 2. The number of amides is 1. The number of pyridine rings is 1. The van der Waals surface area contributed by atoms with Crippen LogP contribution in [0, 0.1) is 0 Å². The molecule has 54 heavy (non-hydrogen) atoms. The summed E-state index contributed by atoms with van der Waals surface area (Å²) in [6.07, 6.45) is 3.32. The molecular formula is C41H44BClF4N4O3. The average molecular weight is 763 g/mol. The molecule has 5 aromatic rings. The van der Waals surface area contributed by atoms with Gasteiger partial charge in [0.2, 0.25) is 11.4 Å². The first-order chi connectivity index (χ1) is 26.0. The van der Waals surface area contributed by atoms with E-state index >= 15 is 0 Å². The number of ether oxygens (including phenoxy) is 2. The van der Waals surface area contributed by atoms with Crippen LogP contribution in [-0.4, -0.2) is 57.6 Å². The first kappa shape index (κ1) is 40.3. The van der Waals surface area contributed by atoms with Crippen molar-refractivity contribution in [2.24, 2.45) is 0 Å². The summed E-state index contributed by atoms with van der Waals surface area (Å²) >= 11 is 6.29. The minimum Gasteiger partial charge on any atom is -0.496 e. The first-order valence-electron chi connectivity index (χ1n) is 17.8. The van der Waals surface area contributed by atoms with Gasteiger partial charge in [-0.15, -0.1) is 0 Å². The van der Waals surface area contributed by atoms with Crippen LogP contribution in [0.4, 0.5) is 23.0 Å². The largest absolute Gasteiger partial charge is 0.673 e. The number of halogens is 5. The summed E-state index contributed by atoms with van der Waals surface area (Å²) in [6, 6.07) is 39.6. The molecule has 1 aliphatic rings. The number of nitrogens with two attached hydrogens (primary N) is 1. The molecule has 4 aromatic carbocycles. The maximum Gasteiger partial charge on any atom is 0.673 e. The number of carbonyl (C=O) groups is 1. The zero-order chi connectivity index (χ0) is 38.7. The van der Waals surface area contributed by atoms with Crippen LogP contribution >= 0.6 is 11.6 Å². The fourth-order valence-corrected chi connectivity index (χ4v) is 6.94. The van der Waals surface area contributed by atoms with E-state index in [9.17, 15) is 22.1 Å². The molecule has 0 radical (unpaired) electrons. The standard InChI is InChI=1S/C41H43ClN4O3.BF4/c1-48-38-21-14-23-45(40(38)44-41(47)33-27-34(42)35(43)28-39(33)49-2)22-12-13-24-46-36(30-17-8-4-9-18-30)25-32(29-15-6-3-7-16-29)26-37(46)31-19-10-5-11-20-31;2-1(3,4)5/h3-11,15-20,25-28,38,40H,12-14,21-24H2,1-2H3,(H2-,43,44,47);/q;-1/p+1. The van der Waals surface area contributed by atoms with Crippen LogP contribution in [0.25, 0.3) is 33.6 Å². The lowest BCUT2D eigenvalue weighted by molar-refractivity contribution is -0.675. The zero-order valence-corrected chi connectivity index (χ0v) is 31.0. The van der Waals surface area contributed by atoms with Crippen molar-refractivity contribution < 1.29 is 36.1 Å². The van der Waals surface area contributed by atoms with Gasteiger partial charge in [0.05, 0.1) is 29.5 Å². The lowest BCUT2D eigenvalue weighted by Crippen LogP contribution is -2.58. The molecule has 2 atom stereocenters. The van der Waals surface area contributed by atoms with Gasteiger partial charge in [-0.05, 0) is 60.7 Å². The normalized spacial score (nSPS) is 15.9. The molecule has 1 aromatic heterocycles. The third-order valence-electron chi connectivity index (χ3n) is 9.31. The molecule has 0 saturated carbocycles. The quantitative estimate of drug-likeness (QED) is 0.0436. The van der Waals surface area contributed by atoms with Crippen LogP contribution in [0.15, 0.2) is 115 Å². The average Bonchev–Trinajstić information content (AvgIpc) is 3.18. The van der Waals surface area contributed by atoms with Gasteiger partial charge in [-0.1, -0.05) is 78.3 Å². The van der Waals surface area contributed by atoms with E-state index in [2.05, 4.69) is 118 Å². The molecule has 1 fully saturated rings. The predicted octanol–water partition coefficient (Wildman–Crippen LogP) is 9.17. The molecule has 1 aliphatic heterocycles. The van der Waals surface area contributed by atoms with Crippen LogP contribution in [0.5, 0.6) is 5.75 Å². The number of nitrogens with zero attached hydrogens (tertiary/aromatic N) is 2. The number of nitrogens with one attached hydrogen (secondary N) is 1. The Morgan fingerprint density at radius 2 is 1.37 bits per heavy atom. The monoisotopic (exact) mass is 762 g/mol. The van der Waals surface area contributed by atoms with Gasteiger partial charge in [-0.2, -0.15) is 4.57 Å². The summed E-state index contributed by atoms with van der Waals surface area (Å²) < 4.78 is 52.8. The van der Waals surface area contributed by atoms with E-state index in [4.69, 9.17) is 26.8 Å². The second-order valence-electron chi connectivity index (χ2n) is 12.9. The maximum atomic E-state index is 13.6. The zero-order valence-electron chi connectivity index (χ0n) is 30.2. The van der Waals surface area contributed by atoms with Crippen molar-refractivity contribution in [2.75, 3.05) is 33.0 Å². The smallest absolute Gasteiger partial charge is 0.496 e. The van der Waals surface area contributed by atoms with Gasteiger partial charge < -0.3 is 37.8 Å². The molecule has 2 unspecified atom stereocenters. The molecule has 13 heteroatoms. The second kappa shape index (κ2) is 18.9. The molecule has 1 amide bonds. The van der Waals surface area contributed by atoms with Crippen molar-refractivity contribution in [1.82, 2.24) is 10.2 Å². The third kappa shape index (κ3) is 10.8. The Kier molecular flexibility index (Phi) is 14.1. The summed E-state index contributed by atoms with van der Waals surface area (Å²) in [7, 11) is -2.77. The summed E-state index contributed by atoms with van der Waals surface area (Å²) in [5.74, 6) is 0.112. The molecule has 1 saturated heterocycles. The number of rotatable bonds is 12. The number of nitrogen functional groups attached to an aromatic ring is 1. The lowest BCUT2D eigenvalue weighted by atomic mass is 9.98. The summed E-state index contributed by atoms with van der Waals surface area (Å²) in [5.41, 5.74) is 13.8. The summed E-state index contributed by atoms with van der Waals surface area (Å²) in [4.78, 5) is 15.9. The highest BCUT2D eigenvalue weighted by Crippen LogP contribution is 2.31. The Morgan fingerprint density at radius 1 is 0.833 bits per heavy atom. The molecule has 284 valence electrons. The van der Waals surface area contributed by atoms with Crippen molar-refractivity contribution in [3.63, 3.8) is 0 Å². The van der Waals surface area contributed by atoms with Crippen molar-refractivity contribution in [2.45, 2.75) is 44.5 Å². The molecule has 2 heterocycles. The van der Waals surface area contributed by atoms with Crippen molar-refractivity contribution in [3.05, 3.63) is 126 Å². The predicted molar refractivity (Wildman–Crippen MR) is 208 cm³/mol. The van der Waals surface area contributed by atoms with Gasteiger partial charge in [0.25, 0.3) is 5.91 Å². The van der Waals surface area contributed by atoms with Gasteiger partial charge in [0.1, 0.15) is 18.5 Å². The van der Waals surface area contributed by atoms with Crippen LogP contribution in [0.1, 0.15) is 36.0 Å². The highest BCUT2D eigenvalue weighted by atomic mass is 35.5. The molecule has 7 nitrogen and oxygen atoms in total. The fourth-order valence-electron chi connectivity index (χ4n) is 6.78. The van der Waals surface area contributed by atoms with E-state index in [0.29, 0.717) is 22.0 Å². The highest BCUT2D eigenvalue weighted by Gasteiger charge is 2.33. The number of hydrogen-bond acceptors (Lipinski definition) is 5. The number of hydrogen-bond donors (Lipinski definition) is 2. The highest BCUT2D eigenvalue weighted by molar-refractivity contribution is 6.50. The number of piperidine rings is 1. The van der Waals surface area contributed by atoms with Gasteiger partial charge in [0.15, 0.2) is 0 Å². The van der Waals surface area contributed by atoms with Crippen LogP contribution in [0.2, 0.25) is 5.02 Å². The topological polar surface area (TPSA) is 80.7 Å². The van der Waals surface area contributed by atoms with E-state index in [1.807, 2.05) is 0 Å². The van der Waals surface area contributed by atoms with E-state index in [-0.39, 0.29) is 18.2 Å². The number of likely N-dealkylation sites (tertiary alicyclic amines) is 1. The van der Waals surface area contributed by atoms with Crippen LogP contribution in [-0.2, 0) is 11.3 Å². The minimum absolute atomic E-state index is 0.137. The summed E-state index contributed by atoms with van der Waals surface area (Å²) in [5, 5.41) is 3.54. The SMILES string of the molecule is COc1cc(N)c(Cl)cc1C(=O)NC1C(OC)CCCN1CCCC[n+]1c(-c2ccccc2)cc(-c2ccccc2)cc1-c1ccccc1.F[B-](F)(F)F. The Labute approximate surface area is 318 Å². The minimum atomic E-state index is -6.00. The number of anilines is 1. The van der Waals surface area contributed by atoms with E-state index in [1.165, 1.54) is 40.8 Å². The fraction of sp³-hybridized carbons (Fsp3) is 0.268. The van der Waals surface area contributed by atoms with Gasteiger partial charge in [-0.3, -0.25) is 9.69 Å². The number of benzene rings is 4. The number of unbranched alkanes of at least 4 members (excludes halogenated alkanes) is 1. The van der Waals surface area contributed by atoms with Crippen molar-refractivity contribution in [1.29, 1.82) is 0 Å². The number of carbonyl (C=O) groups excluding carboxylic acids is 1. The molecule has 0 aliphatic carbocycles. The van der Waals surface area contributed by atoms with E-state index in [0.717, 1.165) is 45.3 Å². The Balaban J connectivity index is 0.00000105. The third-order valence-corrected chi connectivity index (χ3v) is 9.64. The van der Waals surface area contributed by atoms with E-state index in [1.54, 1.807) is 19.2 Å². The molecule has 6 rings (SSSR count). The molecule has 3 N–H and O–H groups in total. The molecule has 0 bridgehead atoms. The van der Waals surface area contributed by atoms with Crippen molar-refractivity contribution >= 4 is 30.4 Å². The Hall–Kier alpha value is -4.91. The number of aromatic nitrogens is 1. The first-order valence-corrected chi connectivity index (χ1v) is 18.2. The van der Waals surface area contributed by atoms with Crippen LogP contribution in [0.3, 0.4) is 0 Å². The lowest BCUT2D eigenvalue weighted by Gasteiger charge is -2.41. The summed E-state index contributed by atoms with van der Waals surface area (Å²) in [6.45, 7) is 2.52. The van der Waals surface area contributed by atoms with Crippen molar-refractivity contribution in [3.8, 4) is 39.4 Å². The van der Waals surface area contributed by atoms with Crippen LogP contribution < -0.4 is 20.4 Å². The Bertz CT molecular complexity index is 1910. The second-order valence-corrected chi connectivity index (χ2v) is 13.3. The molecular weight excluding hydrogens is 719 g/mol. The van der Waals surface area contributed by atoms with E-state index < -0.39 is 7.25 Å². The maximum absolute atomic E-state index is 13.6. The molecule has 0 spiro atoms. The Morgan fingerprint density at radius 3 is 1.89 bits per heavy atom. The van der Waals surface area contributed by atoms with Gasteiger partial charge >= 0.3 is 7.25 Å². The van der Waals surface area contributed by atoms with Gasteiger partial charge in [-0.25, -0.2) is 0 Å².